The molecular formula is C17H17N3O. The summed E-state index contributed by atoms with van der Waals surface area (Å²) in [4.78, 5) is 8.97. The molecule has 3 aromatic rings. The average Bonchev–Trinajstić information content (AvgIpc) is 2.52. The number of anilines is 1. The highest BCUT2D eigenvalue weighted by atomic mass is 16.3. The Kier molecular flexibility index (Phi) is 3.44. The second-order valence-corrected chi connectivity index (χ2v) is 5.11. The number of para-hydroxylation sites is 2. The number of phenols is 1. The van der Waals surface area contributed by atoms with Crippen molar-refractivity contribution in [1.29, 1.82) is 0 Å². The molecule has 0 fully saturated rings. The zero-order valence-electron chi connectivity index (χ0n) is 12.1. The van der Waals surface area contributed by atoms with Gasteiger partial charge >= 0.3 is 0 Å². The fourth-order valence-corrected chi connectivity index (χ4v) is 2.29. The molecule has 2 aromatic carbocycles. The number of aromatic hydroxyl groups is 1. The van der Waals surface area contributed by atoms with Crippen LogP contribution in [0.1, 0.15) is 16.8 Å². The molecule has 3 rings (SSSR count). The third-order valence-corrected chi connectivity index (χ3v) is 3.59. The van der Waals surface area contributed by atoms with Gasteiger partial charge in [0.15, 0.2) is 0 Å². The van der Waals surface area contributed by atoms with Gasteiger partial charge in [0, 0.05) is 11.3 Å². The van der Waals surface area contributed by atoms with Crippen molar-refractivity contribution in [2.24, 2.45) is 0 Å². The van der Waals surface area contributed by atoms with Crippen LogP contribution < -0.4 is 5.32 Å². The van der Waals surface area contributed by atoms with Crippen molar-refractivity contribution in [2.75, 3.05) is 5.32 Å². The molecule has 0 amide bonds. The van der Waals surface area contributed by atoms with Crippen LogP contribution in [-0.4, -0.2) is 15.1 Å². The Labute approximate surface area is 123 Å². The predicted molar refractivity (Wildman–Crippen MR) is 84.4 cm³/mol. The van der Waals surface area contributed by atoms with E-state index in [4.69, 9.17) is 0 Å². The molecule has 0 aliphatic heterocycles. The van der Waals surface area contributed by atoms with Gasteiger partial charge < -0.3 is 10.4 Å². The van der Waals surface area contributed by atoms with Crippen molar-refractivity contribution in [1.82, 2.24) is 9.97 Å². The molecule has 0 spiro atoms. The number of phenolic OH excluding ortho intramolecular Hbond substituents is 1. The van der Waals surface area contributed by atoms with E-state index in [-0.39, 0.29) is 0 Å². The van der Waals surface area contributed by atoms with Crippen LogP contribution in [0.2, 0.25) is 0 Å². The molecule has 106 valence electrons. The smallest absolute Gasteiger partial charge is 0.123 e. The van der Waals surface area contributed by atoms with Crippen LogP contribution in [0.25, 0.3) is 11.0 Å². The molecule has 1 heterocycles. The maximum atomic E-state index is 9.96. The van der Waals surface area contributed by atoms with Gasteiger partial charge in [-0.15, -0.1) is 0 Å². The Morgan fingerprint density at radius 2 is 1.81 bits per heavy atom. The van der Waals surface area contributed by atoms with E-state index in [0.717, 1.165) is 33.5 Å². The van der Waals surface area contributed by atoms with E-state index >= 15 is 0 Å². The number of hydrogen-bond acceptors (Lipinski definition) is 4. The summed E-state index contributed by atoms with van der Waals surface area (Å²) in [5, 5.41) is 13.3. The SMILES string of the molecule is Cc1ccc(NCc2cnc3ccccc3n2)c(C)c1O. The van der Waals surface area contributed by atoms with Crippen molar-refractivity contribution in [3.63, 3.8) is 0 Å². The molecular weight excluding hydrogens is 262 g/mol. The summed E-state index contributed by atoms with van der Waals surface area (Å²) >= 11 is 0. The molecule has 0 bridgehead atoms. The molecule has 4 nitrogen and oxygen atoms in total. The van der Waals surface area contributed by atoms with E-state index in [0.29, 0.717) is 12.3 Å². The molecule has 2 N–H and O–H groups in total. The van der Waals surface area contributed by atoms with Crippen LogP contribution in [-0.2, 0) is 6.54 Å². The zero-order valence-corrected chi connectivity index (χ0v) is 12.1. The predicted octanol–water partition coefficient (Wildman–Crippen LogP) is 3.56. The summed E-state index contributed by atoms with van der Waals surface area (Å²) in [6.07, 6.45) is 1.78. The van der Waals surface area contributed by atoms with E-state index < -0.39 is 0 Å². The number of benzene rings is 2. The molecule has 4 heteroatoms. The van der Waals surface area contributed by atoms with Crippen molar-refractivity contribution < 1.29 is 5.11 Å². The van der Waals surface area contributed by atoms with Crippen molar-refractivity contribution >= 4 is 16.7 Å². The quantitative estimate of drug-likeness (QED) is 0.769. The highest BCUT2D eigenvalue weighted by Crippen LogP contribution is 2.28. The topological polar surface area (TPSA) is 58.0 Å². The summed E-state index contributed by atoms with van der Waals surface area (Å²) in [5.74, 6) is 0.338. The standard InChI is InChI=1S/C17H17N3O/c1-11-7-8-14(12(2)17(11)21)18-9-13-10-19-15-5-3-4-6-16(15)20-13/h3-8,10,18,21H,9H2,1-2H3. The highest BCUT2D eigenvalue weighted by molar-refractivity contribution is 5.73. The minimum absolute atomic E-state index is 0.338. The minimum Gasteiger partial charge on any atom is -0.507 e. The first-order valence-corrected chi connectivity index (χ1v) is 6.89. The largest absolute Gasteiger partial charge is 0.507 e. The van der Waals surface area contributed by atoms with Crippen molar-refractivity contribution in [2.45, 2.75) is 20.4 Å². The summed E-state index contributed by atoms with van der Waals surface area (Å²) < 4.78 is 0. The van der Waals surface area contributed by atoms with Crippen LogP contribution in [0, 0.1) is 13.8 Å². The lowest BCUT2D eigenvalue weighted by molar-refractivity contribution is 0.467. The maximum Gasteiger partial charge on any atom is 0.123 e. The average molecular weight is 279 g/mol. The summed E-state index contributed by atoms with van der Waals surface area (Å²) in [5.41, 5.74) is 5.29. The van der Waals surface area contributed by atoms with Gasteiger partial charge in [-0.3, -0.25) is 4.98 Å². The van der Waals surface area contributed by atoms with Gasteiger partial charge in [0.2, 0.25) is 0 Å². The van der Waals surface area contributed by atoms with E-state index in [1.807, 2.05) is 50.2 Å². The number of nitrogens with one attached hydrogen (secondary N) is 1. The second kappa shape index (κ2) is 5.40. The van der Waals surface area contributed by atoms with E-state index in [1.165, 1.54) is 0 Å². The number of aromatic nitrogens is 2. The molecule has 0 radical (unpaired) electrons. The van der Waals surface area contributed by atoms with Crippen LogP contribution >= 0.6 is 0 Å². The number of rotatable bonds is 3. The zero-order chi connectivity index (χ0) is 14.8. The Hall–Kier alpha value is -2.62. The van der Waals surface area contributed by atoms with Crippen molar-refractivity contribution in [3.05, 3.63) is 59.4 Å². The fraction of sp³-hybridized carbons (Fsp3) is 0.176. The van der Waals surface area contributed by atoms with Gasteiger partial charge in [0.25, 0.3) is 0 Å². The first kappa shape index (κ1) is 13.4. The summed E-state index contributed by atoms with van der Waals surface area (Å²) in [6, 6.07) is 11.7. The fourth-order valence-electron chi connectivity index (χ4n) is 2.29. The van der Waals surface area contributed by atoms with Gasteiger partial charge in [-0.1, -0.05) is 18.2 Å². The number of nitrogens with zero attached hydrogens (tertiary/aromatic N) is 2. The first-order chi connectivity index (χ1) is 10.1. The Balaban J connectivity index is 1.82. The third-order valence-electron chi connectivity index (χ3n) is 3.59. The molecule has 1 aromatic heterocycles. The Morgan fingerprint density at radius 1 is 1.05 bits per heavy atom. The van der Waals surface area contributed by atoms with E-state index in [9.17, 15) is 5.11 Å². The van der Waals surface area contributed by atoms with Crippen LogP contribution in [0.3, 0.4) is 0 Å². The lowest BCUT2D eigenvalue weighted by Gasteiger charge is -2.12. The number of hydrogen-bond donors (Lipinski definition) is 2. The third kappa shape index (κ3) is 2.65. The van der Waals surface area contributed by atoms with Crippen LogP contribution in [0.5, 0.6) is 5.75 Å². The highest BCUT2D eigenvalue weighted by Gasteiger charge is 2.06. The van der Waals surface area contributed by atoms with E-state index in [1.54, 1.807) is 6.20 Å². The molecule has 0 saturated heterocycles. The van der Waals surface area contributed by atoms with Crippen LogP contribution in [0.4, 0.5) is 5.69 Å². The lowest BCUT2D eigenvalue weighted by atomic mass is 10.1. The Morgan fingerprint density at radius 3 is 2.62 bits per heavy atom. The van der Waals surface area contributed by atoms with Gasteiger partial charge in [-0.05, 0) is 37.6 Å². The number of aryl methyl sites for hydroxylation is 1. The maximum absolute atomic E-state index is 9.96. The monoisotopic (exact) mass is 279 g/mol. The molecule has 0 aliphatic rings. The number of fused-ring (bicyclic) bond motifs is 1. The van der Waals surface area contributed by atoms with Gasteiger partial charge in [-0.25, -0.2) is 4.98 Å². The van der Waals surface area contributed by atoms with Crippen LogP contribution in [0.15, 0.2) is 42.6 Å². The molecule has 0 unspecified atom stereocenters. The molecule has 0 saturated carbocycles. The second-order valence-electron chi connectivity index (χ2n) is 5.11. The lowest BCUT2D eigenvalue weighted by Crippen LogP contribution is -2.04. The summed E-state index contributed by atoms with van der Waals surface area (Å²) in [6.45, 7) is 4.36. The van der Waals surface area contributed by atoms with Crippen molar-refractivity contribution in [3.8, 4) is 5.75 Å². The summed E-state index contributed by atoms with van der Waals surface area (Å²) in [7, 11) is 0. The molecule has 21 heavy (non-hydrogen) atoms. The van der Waals surface area contributed by atoms with Gasteiger partial charge in [-0.2, -0.15) is 0 Å². The van der Waals surface area contributed by atoms with Gasteiger partial charge in [0.05, 0.1) is 29.5 Å². The Bertz CT molecular complexity index is 799. The van der Waals surface area contributed by atoms with E-state index in [2.05, 4.69) is 15.3 Å². The first-order valence-electron chi connectivity index (χ1n) is 6.89. The normalized spacial score (nSPS) is 10.8. The minimum atomic E-state index is 0.338. The molecule has 0 atom stereocenters. The van der Waals surface area contributed by atoms with Gasteiger partial charge in [0.1, 0.15) is 5.75 Å². The molecule has 0 aliphatic carbocycles.